The van der Waals surface area contributed by atoms with Gasteiger partial charge in [-0.05, 0) is 43.9 Å². The van der Waals surface area contributed by atoms with E-state index < -0.39 is 10.0 Å². The first-order valence-electron chi connectivity index (χ1n) is 7.10. The number of anilines is 1. The Kier molecular flexibility index (Phi) is 4.68. The number of piperidine rings is 1. The van der Waals surface area contributed by atoms with E-state index in [2.05, 4.69) is 5.32 Å². The van der Waals surface area contributed by atoms with Crippen LogP contribution in [0.15, 0.2) is 18.2 Å². The van der Waals surface area contributed by atoms with Crippen LogP contribution in [0.3, 0.4) is 0 Å². The molecule has 2 rings (SSSR count). The highest BCUT2D eigenvalue weighted by molar-refractivity contribution is 7.88. The molecular weight excluding hydrogens is 288 g/mol. The Hall–Kier alpha value is -1.40. The van der Waals surface area contributed by atoms with Gasteiger partial charge in [-0.1, -0.05) is 12.1 Å². The number of carbonyl (C=O) groups excluding carboxylic acids is 1. The standard InChI is InChI=1S/C15H22N2O3S/c1-11-6-7-12(2)14(9-11)16-15(18)13-5-4-8-17(10-13)21(3,19)20/h6-7,9,13H,4-5,8,10H2,1-3H3,(H,16,18). The molecule has 1 atom stereocenters. The van der Waals surface area contributed by atoms with Gasteiger partial charge in [0.15, 0.2) is 0 Å². The Bertz CT molecular complexity index is 640. The fourth-order valence-electron chi connectivity index (χ4n) is 2.56. The number of amides is 1. The summed E-state index contributed by atoms with van der Waals surface area (Å²) in [6, 6.07) is 5.90. The van der Waals surface area contributed by atoms with Gasteiger partial charge in [0.1, 0.15) is 0 Å². The van der Waals surface area contributed by atoms with Crippen molar-refractivity contribution < 1.29 is 13.2 Å². The van der Waals surface area contributed by atoms with E-state index in [1.165, 1.54) is 10.6 Å². The van der Waals surface area contributed by atoms with E-state index in [0.29, 0.717) is 6.54 Å². The van der Waals surface area contributed by atoms with Gasteiger partial charge in [0, 0.05) is 18.8 Å². The van der Waals surface area contributed by atoms with E-state index in [1.807, 2.05) is 32.0 Å². The first-order chi connectivity index (χ1) is 9.77. The quantitative estimate of drug-likeness (QED) is 0.927. The second-order valence-electron chi connectivity index (χ2n) is 5.77. The van der Waals surface area contributed by atoms with Gasteiger partial charge in [0.25, 0.3) is 0 Å². The number of hydrogen-bond donors (Lipinski definition) is 1. The third kappa shape index (κ3) is 4.04. The number of carbonyl (C=O) groups is 1. The predicted molar refractivity (Wildman–Crippen MR) is 83.7 cm³/mol. The van der Waals surface area contributed by atoms with Crippen molar-refractivity contribution in [3.8, 4) is 0 Å². The van der Waals surface area contributed by atoms with Crippen molar-refractivity contribution in [2.24, 2.45) is 5.92 Å². The van der Waals surface area contributed by atoms with Crippen LogP contribution < -0.4 is 5.32 Å². The van der Waals surface area contributed by atoms with Crippen molar-refractivity contribution >= 4 is 21.6 Å². The van der Waals surface area contributed by atoms with E-state index in [0.717, 1.165) is 29.7 Å². The molecule has 0 bridgehead atoms. The maximum absolute atomic E-state index is 12.4. The molecule has 1 unspecified atom stereocenters. The average molecular weight is 310 g/mol. The van der Waals surface area contributed by atoms with Crippen LogP contribution in [0.2, 0.25) is 0 Å². The lowest BCUT2D eigenvalue weighted by atomic mass is 9.98. The van der Waals surface area contributed by atoms with Crippen molar-refractivity contribution in [2.45, 2.75) is 26.7 Å². The van der Waals surface area contributed by atoms with Crippen LogP contribution in [0.4, 0.5) is 5.69 Å². The summed E-state index contributed by atoms with van der Waals surface area (Å²) in [5, 5.41) is 2.93. The van der Waals surface area contributed by atoms with Gasteiger partial charge in [-0.25, -0.2) is 12.7 Å². The predicted octanol–water partition coefficient (Wildman–Crippen LogP) is 1.91. The summed E-state index contributed by atoms with van der Waals surface area (Å²) in [6.45, 7) is 4.70. The summed E-state index contributed by atoms with van der Waals surface area (Å²) < 4.78 is 24.6. The maximum Gasteiger partial charge on any atom is 0.228 e. The van der Waals surface area contributed by atoms with Crippen LogP contribution >= 0.6 is 0 Å². The Morgan fingerprint density at radius 3 is 2.71 bits per heavy atom. The lowest BCUT2D eigenvalue weighted by molar-refractivity contribution is -0.120. The first-order valence-corrected chi connectivity index (χ1v) is 8.95. The minimum Gasteiger partial charge on any atom is -0.326 e. The van der Waals surface area contributed by atoms with Crippen LogP contribution in [-0.2, 0) is 14.8 Å². The SMILES string of the molecule is Cc1ccc(C)c(NC(=O)C2CCCN(S(C)(=O)=O)C2)c1. The van der Waals surface area contributed by atoms with Gasteiger partial charge in [-0.15, -0.1) is 0 Å². The number of nitrogens with one attached hydrogen (secondary N) is 1. The van der Waals surface area contributed by atoms with Crippen molar-refractivity contribution in [1.82, 2.24) is 4.31 Å². The lowest BCUT2D eigenvalue weighted by Gasteiger charge is -2.30. The van der Waals surface area contributed by atoms with Crippen molar-refractivity contribution in [3.63, 3.8) is 0 Å². The molecule has 0 saturated carbocycles. The number of sulfonamides is 1. The summed E-state index contributed by atoms with van der Waals surface area (Å²) in [4.78, 5) is 12.4. The zero-order chi connectivity index (χ0) is 15.6. The topological polar surface area (TPSA) is 66.5 Å². The minimum atomic E-state index is -3.23. The third-order valence-corrected chi connectivity index (χ3v) is 5.14. The second-order valence-corrected chi connectivity index (χ2v) is 7.75. The monoisotopic (exact) mass is 310 g/mol. The highest BCUT2D eigenvalue weighted by Gasteiger charge is 2.30. The van der Waals surface area contributed by atoms with Crippen molar-refractivity contribution in [2.75, 3.05) is 24.7 Å². The van der Waals surface area contributed by atoms with Crippen LogP contribution in [0.25, 0.3) is 0 Å². The molecule has 5 nitrogen and oxygen atoms in total. The van der Waals surface area contributed by atoms with E-state index in [-0.39, 0.29) is 18.4 Å². The Labute approximate surface area is 126 Å². The van der Waals surface area contributed by atoms with Crippen LogP contribution in [-0.4, -0.2) is 38.0 Å². The maximum atomic E-state index is 12.4. The van der Waals surface area contributed by atoms with Gasteiger partial charge >= 0.3 is 0 Å². The number of rotatable bonds is 3. The fourth-order valence-corrected chi connectivity index (χ4v) is 3.47. The number of aryl methyl sites for hydroxylation is 2. The summed E-state index contributed by atoms with van der Waals surface area (Å²) in [7, 11) is -3.23. The second kappa shape index (κ2) is 6.15. The van der Waals surface area contributed by atoms with Crippen LogP contribution in [0, 0.1) is 19.8 Å². The molecule has 116 valence electrons. The Morgan fingerprint density at radius 1 is 1.33 bits per heavy atom. The molecule has 1 amide bonds. The van der Waals surface area contributed by atoms with E-state index in [4.69, 9.17) is 0 Å². The van der Waals surface area contributed by atoms with Gasteiger partial charge in [0.05, 0.1) is 12.2 Å². The summed E-state index contributed by atoms with van der Waals surface area (Å²) in [5.74, 6) is -0.384. The smallest absolute Gasteiger partial charge is 0.228 e. The molecule has 21 heavy (non-hydrogen) atoms. The highest BCUT2D eigenvalue weighted by Crippen LogP contribution is 2.22. The van der Waals surface area contributed by atoms with Crippen LogP contribution in [0.1, 0.15) is 24.0 Å². The molecule has 0 aliphatic carbocycles. The summed E-state index contributed by atoms with van der Waals surface area (Å²) in [5.41, 5.74) is 2.89. The van der Waals surface area contributed by atoms with E-state index in [1.54, 1.807) is 0 Å². The molecule has 1 heterocycles. The number of benzene rings is 1. The Morgan fingerprint density at radius 2 is 2.05 bits per heavy atom. The molecule has 1 N–H and O–H groups in total. The third-order valence-electron chi connectivity index (χ3n) is 3.87. The van der Waals surface area contributed by atoms with Gasteiger partial charge in [-0.3, -0.25) is 4.79 Å². The Balaban J connectivity index is 2.08. The average Bonchev–Trinajstić information content (AvgIpc) is 2.42. The minimum absolute atomic E-state index is 0.1000. The van der Waals surface area contributed by atoms with E-state index in [9.17, 15) is 13.2 Å². The highest BCUT2D eigenvalue weighted by atomic mass is 32.2. The van der Waals surface area contributed by atoms with Gasteiger partial charge in [-0.2, -0.15) is 0 Å². The molecule has 1 aliphatic rings. The molecule has 1 saturated heterocycles. The summed E-state index contributed by atoms with van der Waals surface area (Å²) >= 11 is 0. The molecule has 1 aromatic rings. The molecule has 1 fully saturated rings. The molecule has 0 aromatic heterocycles. The summed E-state index contributed by atoms with van der Waals surface area (Å²) in [6.07, 6.45) is 2.64. The van der Waals surface area contributed by atoms with Gasteiger partial charge in [0.2, 0.25) is 15.9 Å². The number of hydrogen-bond acceptors (Lipinski definition) is 3. The van der Waals surface area contributed by atoms with Crippen LogP contribution in [0.5, 0.6) is 0 Å². The fraction of sp³-hybridized carbons (Fsp3) is 0.533. The number of nitrogens with zero attached hydrogens (tertiary/aromatic N) is 1. The largest absolute Gasteiger partial charge is 0.326 e. The van der Waals surface area contributed by atoms with Crippen molar-refractivity contribution in [3.05, 3.63) is 29.3 Å². The van der Waals surface area contributed by atoms with E-state index >= 15 is 0 Å². The molecule has 6 heteroatoms. The lowest BCUT2D eigenvalue weighted by Crippen LogP contribution is -2.43. The van der Waals surface area contributed by atoms with Crippen molar-refractivity contribution in [1.29, 1.82) is 0 Å². The van der Waals surface area contributed by atoms with Gasteiger partial charge < -0.3 is 5.32 Å². The molecule has 1 aliphatic heterocycles. The molecule has 0 spiro atoms. The molecular formula is C15H22N2O3S. The molecule has 1 aromatic carbocycles. The normalized spacial score (nSPS) is 20.2. The zero-order valence-electron chi connectivity index (χ0n) is 12.7. The zero-order valence-corrected chi connectivity index (χ0v) is 13.5. The molecule has 0 radical (unpaired) electrons. The first kappa shape index (κ1) is 16.0.